The number of aromatic nitrogens is 5. The van der Waals surface area contributed by atoms with Gasteiger partial charge in [-0.05, 0) is 24.3 Å². The maximum Gasteiger partial charge on any atom is 0.420 e. The number of rotatable bonds is 4. The van der Waals surface area contributed by atoms with E-state index < -0.39 is 17.5 Å². The average Bonchev–Trinajstić information content (AvgIpc) is 3.32. The van der Waals surface area contributed by atoms with Gasteiger partial charge in [-0.15, -0.1) is 0 Å². The summed E-state index contributed by atoms with van der Waals surface area (Å²) < 4.78 is 46.9. The van der Waals surface area contributed by atoms with E-state index in [1.54, 1.807) is 11.0 Å². The number of hydrogen-bond acceptors (Lipinski definition) is 7. The third-order valence-corrected chi connectivity index (χ3v) is 5.64. The van der Waals surface area contributed by atoms with Crippen LogP contribution >= 0.6 is 0 Å². The van der Waals surface area contributed by atoms with Crippen molar-refractivity contribution in [2.24, 2.45) is 0 Å². The Morgan fingerprint density at radius 2 is 1.88 bits per heavy atom. The second kappa shape index (κ2) is 8.28. The Balaban J connectivity index is 1.53. The molecule has 0 atom stereocenters. The van der Waals surface area contributed by atoms with Crippen LogP contribution in [0.2, 0.25) is 0 Å². The highest BCUT2D eigenvalue weighted by Gasteiger charge is 2.36. The first kappa shape index (κ1) is 21.6. The lowest BCUT2D eigenvalue weighted by Gasteiger charge is -2.35. The van der Waals surface area contributed by atoms with Crippen LogP contribution in [0.4, 0.5) is 19.0 Å². The number of H-pyrrole nitrogens is 1. The van der Waals surface area contributed by atoms with Gasteiger partial charge in [-0.1, -0.05) is 6.58 Å². The molecule has 0 aliphatic carbocycles. The van der Waals surface area contributed by atoms with Crippen LogP contribution in [0.15, 0.2) is 49.6 Å². The quantitative estimate of drug-likeness (QED) is 0.456. The Kier molecular flexibility index (Phi) is 5.27. The molecule has 0 saturated carbocycles. The van der Waals surface area contributed by atoms with Crippen molar-refractivity contribution in [3.63, 3.8) is 0 Å². The zero-order valence-electron chi connectivity index (χ0n) is 17.7. The molecule has 3 aromatic heterocycles. The van der Waals surface area contributed by atoms with Gasteiger partial charge in [0.15, 0.2) is 5.75 Å². The van der Waals surface area contributed by atoms with E-state index in [0.717, 1.165) is 6.07 Å². The van der Waals surface area contributed by atoms with Crippen LogP contribution in [0.25, 0.3) is 21.8 Å². The maximum atomic E-state index is 13.7. The van der Waals surface area contributed by atoms with Crippen molar-refractivity contribution in [3.8, 4) is 11.6 Å². The number of piperazine rings is 1. The Hall–Kier alpha value is -4.22. The fourth-order valence-corrected chi connectivity index (χ4v) is 3.97. The number of benzene rings is 1. The van der Waals surface area contributed by atoms with Gasteiger partial charge in [0.05, 0.1) is 22.7 Å². The van der Waals surface area contributed by atoms with Crippen molar-refractivity contribution in [3.05, 3.63) is 55.1 Å². The molecule has 5 rings (SSSR count). The van der Waals surface area contributed by atoms with Crippen LogP contribution in [-0.4, -0.2) is 62.1 Å². The van der Waals surface area contributed by atoms with E-state index in [1.165, 1.54) is 30.9 Å². The highest BCUT2D eigenvalue weighted by molar-refractivity contribution is 5.93. The molecular formula is C22H18F3N7O2. The summed E-state index contributed by atoms with van der Waals surface area (Å²) >= 11 is 0. The number of aromatic amines is 1. The second-order valence-electron chi connectivity index (χ2n) is 7.60. The van der Waals surface area contributed by atoms with Crippen LogP contribution in [0.5, 0.6) is 11.6 Å². The molecule has 12 heteroatoms. The molecule has 1 aliphatic rings. The first-order valence-electron chi connectivity index (χ1n) is 10.3. The van der Waals surface area contributed by atoms with Crippen LogP contribution in [-0.2, 0) is 11.0 Å². The number of anilines is 1. The Morgan fingerprint density at radius 1 is 1.09 bits per heavy atom. The summed E-state index contributed by atoms with van der Waals surface area (Å²) in [7, 11) is 0. The van der Waals surface area contributed by atoms with E-state index in [2.05, 4.69) is 31.7 Å². The number of fused-ring (bicyclic) bond motifs is 2. The number of carbonyl (C=O) groups is 1. The molecule has 1 saturated heterocycles. The number of amides is 1. The van der Waals surface area contributed by atoms with Crippen molar-refractivity contribution in [1.82, 2.24) is 30.0 Å². The molecule has 1 fully saturated rings. The van der Waals surface area contributed by atoms with Gasteiger partial charge in [-0.25, -0.2) is 15.0 Å². The van der Waals surface area contributed by atoms with Gasteiger partial charge in [0.25, 0.3) is 0 Å². The largest absolute Gasteiger partial charge is 0.436 e. The van der Waals surface area contributed by atoms with Gasteiger partial charge in [0.2, 0.25) is 11.8 Å². The zero-order chi connectivity index (χ0) is 23.9. The lowest BCUT2D eigenvalue weighted by molar-refractivity contribution is -0.138. The summed E-state index contributed by atoms with van der Waals surface area (Å²) in [4.78, 5) is 28.3. The van der Waals surface area contributed by atoms with Gasteiger partial charge in [0.1, 0.15) is 17.7 Å². The van der Waals surface area contributed by atoms with Crippen LogP contribution in [0.1, 0.15) is 5.56 Å². The topological polar surface area (TPSA) is 100 Å². The summed E-state index contributed by atoms with van der Waals surface area (Å²) in [6.07, 6.45) is 0.658. The summed E-state index contributed by atoms with van der Waals surface area (Å²) in [5.41, 5.74) is -0.284. The minimum absolute atomic E-state index is 0.0826. The van der Waals surface area contributed by atoms with E-state index in [1.807, 2.05) is 4.90 Å². The molecule has 34 heavy (non-hydrogen) atoms. The van der Waals surface area contributed by atoms with Gasteiger partial charge < -0.3 is 14.5 Å². The van der Waals surface area contributed by atoms with Crippen LogP contribution < -0.4 is 9.64 Å². The summed E-state index contributed by atoms with van der Waals surface area (Å²) in [6.45, 7) is 5.54. The van der Waals surface area contributed by atoms with E-state index in [-0.39, 0.29) is 22.7 Å². The Morgan fingerprint density at radius 3 is 2.62 bits per heavy atom. The smallest absolute Gasteiger partial charge is 0.420 e. The van der Waals surface area contributed by atoms with Gasteiger partial charge in [-0.3, -0.25) is 9.89 Å². The molecule has 0 spiro atoms. The molecular weight excluding hydrogens is 451 g/mol. The number of nitrogens with zero attached hydrogens (tertiary/aromatic N) is 6. The molecule has 1 N–H and O–H groups in total. The molecule has 1 aliphatic heterocycles. The molecule has 0 unspecified atom stereocenters. The second-order valence-corrected chi connectivity index (χ2v) is 7.60. The van der Waals surface area contributed by atoms with Crippen LogP contribution in [0.3, 0.4) is 0 Å². The number of halogens is 3. The summed E-state index contributed by atoms with van der Waals surface area (Å²) in [5.74, 6) is -0.0437. The molecule has 1 amide bonds. The monoisotopic (exact) mass is 469 g/mol. The first-order valence-corrected chi connectivity index (χ1v) is 10.3. The first-order chi connectivity index (χ1) is 16.4. The summed E-state index contributed by atoms with van der Waals surface area (Å²) in [6, 6.07) is 3.92. The van der Waals surface area contributed by atoms with Gasteiger partial charge >= 0.3 is 6.18 Å². The van der Waals surface area contributed by atoms with Crippen molar-refractivity contribution >= 4 is 33.5 Å². The molecule has 4 aromatic rings. The van der Waals surface area contributed by atoms with Crippen molar-refractivity contribution < 1.29 is 22.7 Å². The fourth-order valence-electron chi connectivity index (χ4n) is 3.97. The van der Waals surface area contributed by atoms with Crippen molar-refractivity contribution in [1.29, 1.82) is 0 Å². The minimum atomic E-state index is -4.64. The van der Waals surface area contributed by atoms with E-state index in [9.17, 15) is 18.0 Å². The van der Waals surface area contributed by atoms with Gasteiger partial charge in [-0.2, -0.15) is 18.3 Å². The fraction of sp³-hybridized carbons (Fsp3) is 0.227. The third kappa shape index (κ3) is 3.76. The molecule has 174 valence electrons. The third-order valence-electron chi connectivity index (χ3n) is 5.64. The molecule has 9 nitrogen and oxygen atoms in total. The highest BCUT2D eigenvalue weighted by atomic mass is 19.4. The molecule has 0 radical (unpaired) electrons. The number of carbonyl (C=O) groups excluding carboxylic acids is 1. The zero-order valence-corrected chi connectivity index (χ0v) is 17.7. The molecule has 4 heterocycles. The molecule has 0 bridgehead atoms. The van der Waals surface area contributed by atoms with Crippen molar-refractivity contribution in [2.45, 2.75) is 6.18 Å². The lowest BCUT2D eigenvalue weighted by atomic mass is 10.1. The minimum Gasteiger partial charge on any atom is -0.436 e. The SMILES string of the molecule is C=CC(=O)N1CCN(c2ncnc3c(Oc4c(C(F)(F)F)ccc5[nH]ncc45)nccc23)CC1. The molecule has 1 aromatic carbocycles. The number of hydrogen-bond donors (Lipinski definition) is 1. The van der Waals surface area contributed by atoms with Gasteiger partial charge in [0, 0.05) is 37.8 Å². The predicted octanol–water partition coefficient (Wildman–Crippen LogP) is 3.55. The van der Waals surface area contributed by atoms with E-state index in [0.29, 0.717) is 42.9 Å². The lowest BCUT2D eigenvalue weighted by Crippen LogP contribution is -2.48. The Labute approximate surface area is 190 Å². The Bertz CT molecular complexity index is 1390. The van der Waals surface area contributed by atoms with Crippen LogP contribution in [0, 0.1) is 0 Å². The number of nitrogens with one attached hydrogen (secondary N) is 1. The van der Waals surface area contributed by atoms with E-state index in [4.69, 9.17) is 4.74 Å². The van der Waals surface area contributed by atoms with E-state index >= 15 is 0 Å². The normalized spacial score (nSPS) is 14.6. The highest BCUT2D eigenvalue weighted by Crippen LogP contribution is 2.42. The predicted molar refractivity (Wildman–Crippen MR) is 117 cm³/mol. The summed E-state index contributed by atoms with van der Waals surface area (Å²) in [5, 5.41) is 7.22. The number of alkyl halides is 3. The average molecular weight is 469 g/mol. The van der Waals surface area contributed by atoms with Crippen molar-refractivity contribution in [2.75, 3.05) is 31.1 Å². The maximum absolute atomic E-state index is 13.7. The number of pyridine rings is 1. The number of ether oxygens (including phenoxy) is 1. The standard InChI is InChI=1S/C22H18F3N7O2/c1-2-17(33)31-7-9-32(10-8-31)20-13-5-6-26-21(18(13)27-12-28-20)34-19-14-11-29-30-16(14)4-3-15(19)22(23,24)25/h2-6,11-12H,1,7-10H2,(H,29,30).